The Morgan fingerprint density at radius 1 is 1.47 bits per heavy atom. The predicted octanol–water partition coefficient (Wildman–Crippen LogP) is 2.42. The third-order valence-electron chi connectivity index (χ3n) is 1.56. The molecule has 0 fully saturated rings. The summed E-state index contributed by atoms with van der Waals surface area (Å²) in [4.78, 5) is 11.2. The Hall–Kier alpha value is -0.890. The third kappa shape index (κ3) is 4.04. The van der Waals surface area contributed by atoms with Crippen LogP contribution in [0.2, 0.25) is 0 Å². The molecule has 0 aliphatic heterocycles. The molecule has 7 nitrogen and oxygen atoms in total. The van der Waals surface area contributed by atoms with E-state index in [-0.39, 0.29) is 3.57 Å². The molecule has 0 aliphatic carbocycles. The van der Waals surface area contributed by atoms with E-state index in [4.69, 9.17) is 10.7 Å². The van der Waals surface area contributed by atoms with Crippen molar-refractivity contribution in [2.45, 2.75) is 11.3 Å². The SMILES string of the molecule is O=[N+]([O-])c1ncc(I)c(S(=O)(=O)Cl)c1OC(F)(F)F. The molecule has 0 aliphatic rings. The highest BCUT2D eigenvalue weighted by molar-refractivity contribution is 14.1. The van der Waals surface area contributed by atoms with Crippen LogP contribution in [0, 0.1) is 13.7 Å². The number of aromatic nitrogens is 1. The minimum atomic E-state index is -5.34. The molecule has 0 unspecified atom stereocenters. The second-order valence-electron chi connectivity index (χ2n) is 2.83. The molecule has 0 radical (unpaired) electrons. The Balaban J connectivity index is 3.70. The predicted molar refractivity (Wildman–Crippen MR) is 63.3 cm³/mol. The summed E-state index contributed by atoms with van der Waals surface area (Å²) in [6, 6.07) is 0. The zero-order valence-electron chi connectivity index (χ0n) is 8.31. The van der Waals surface area contributed by atoms with Crippen molar-refractivity contribution in [2.75, 3.05) is 0 Å². The zero-order chi connectivity index (χ0) is 15.0. The first-order valence-electron chi connectivity index (χ1n) is 3.97. The molecule has 1 aromatic rings. The molecule has 106 valence electrons. The summed E-state index contributed by atoms with van der Waals surface area (Å²) in [7, 11) is 0.247. The second-order valence-corrected chi connectivity index (χ2v) is 6.50. The Morgan fingerprint density at radius 3 is 2.37 bits per heavy atom. The molecule has 1 heterocycles. The van der Waals surface area contributed by atoms with E-state index < -0.39 is 36.8 Å². The second kappa shape index (κ2) is 5.24. The summed E-state index contributed by atoms with van der Waals surface area (Å²) < 4.78 is 61.9. The molecule has 13 heteroatoms. The van der Waals surface area contributed by atoms with E-state index in [1.54, 1.807) is 0 Å². The van der Waals surface area contributed by atoms with Crippen LogP contribution in [0.5, 0.6) is 5.75 Å². The molecule has 1 rings (SSSR count). The number of halogens is 5. The number of rotatable bonds is 3. The smallest absolute Gasteiger partial charge is 0.395 e. The van der Waals surface area contributed by atoms with Gasteiger partial charge in [-0.25, -0.2) is 8.42 Å². The van der Waals surface area contributed by atoms with Crippen LogP contribution >= 0.6 is 33.3 Å². The zero-order valence-corrected chi connectivity index (χ0v) is 12.0. The van der Waals surface area contributed by atoms with Crippen molar-refractivity contribution in [3.05, 3.63) is 19.9 Å². The molecular formula is C6HClF3IN2O5S. The number of hydrogen-bond acceptors (Lipinski definition) is 6. The summed E-state index contributed by atoms with van der Waals surface area (Å²) in [6.45, 7) is 0. The number of alkyl halides is 3. The van der Waals surface area contributed by atoms with Gasteiger partial charge < -0.3 is 14.9 Å². The van der Waals surface area contributed by atoms with Gasteiger partial charge in [0.2, 0.25) is 5.75 Å². The Labute approximate surface area is 121 Å². The summed E-state index contributed by atoms with van der Waals surface area (Å²) in [5.74, 6) is -2.98. The maximum absolute atomic E-state index is 12.2. The van der Waals surface area contributed by atoms with Gasteiger partial charge in [0.05, 0.1) is 3.57 Å². The Kier molecular flexibility index (Phi) is 4.46. The molecular weight excluding hydrogens is 431 g/mol. The van der Waals surface area contributed by atoms with Crippen molar-refractivity contribution < 1.29 is 31.2 Å². The summed E-state index contributed by atoms with van der Waals surface area (Å²) in [6.07, 6.45) is -4.65. The molecule has 0 aromatic carbocycles. The van der Waals surface area contributed by atoms with Crippen LogP contribution in [0.15, 0.2) is 11.1 Å². The van der Waals surface area contributed by atoms with Crippen molar-refractivity contribution in [1.29, 1.82) is 0 Å². The Bertz CT molecular complexity index is 634. The fraction of sp³-hybridized carbons (Fsp3) is 0.167. The molecule has 0 N–H and O–H groups in total. The van der Waals surface area contributed by atoms with Gasteiger partial charge >= 0.3 is 12.2 Å². The molecule has 1 aromatic heterocycles. The molecule has 0 amide bonds. The molecule has 0 atom stereocenters. The van der Waals surface area contributed by atoms with Gasteiger partial charge in [0.15, 0.2) is 11.1 Å². The first kappa shape index (κ1) is 16.2. The summed E-state index contributed by atoms with van der Waals surface area (Å²) >= 11 is 1.31. The number of ether oxygens (including phenoxy) is 1. The molecule has 0 bridgehead atoms. The van der Waals surface area contributed by atoms with Crippen LogP contribution in [0.1, 0.15) is 0 Å². The van der Waals surface area contributed by atoms with Crippen LogP contribution in [0.25, 0.3) is 0 Å². The highest BCUT2D eigenvalue weighted by atomic mass is 127. The molecule has 19 heavy (non-hydrogen) atoms. The van der Waals surface area contributed by atoms with E-state index in [0.29, 0.717) is 6.20 Å². The summed E-state index contributed by atoms with van der Waals surface area (Å²) in [5.41, 5.74) is 0. The van der Waals surface area contributed by atoms with Crippen LogP contribution in [-0.4, -0.2) is 24.7 Å². The molecule has 0 saturated heterocycles. The van der Waals surface area contributed by atoms with E-state index in [9.17, 15) is 31.7 Å². The van der Waals surface area contributed by atoms with Crippen LogP contribution < -0.4 is 4.74 Å². The molecule has 0 spiro atoms. The lowest BCUT2D eigenvalue weighted by atomic mass is 10.4. The quantitative estimate of drug-likeness (QED) is 0.315. The van der Waals surface area contributed by atoms with Crippen molar-refractivity contribution in [3.63, 3.8) is 0 Å². The van der Waals surface area contributed by atoms with Gasteiger partial charge in [-0.1, -0.05) is 0 Å². The average molecular weight is 433 g/mol. The summed E-state index contributed by atoms with van der Waals surface area (Å²) in [5, 5.41) is 10.6. The first-order valence-corrected chi connectivity index (χ1v) is 7.35. The van der Waals surface area contributed by atoms with Gasteiger partial charge in [-0.05, 0) is 32.5 Å². The van der Waals surface area contributed by atoms with E-state index in [1.807, 2.05) is 0 Å². The monoisotopic (exact) mass is 432 g/mol. The average Bonchev–Trinajstić information content (AvgIpc) is 2.11. The Morgan fingerprint density at radius 2 is 2.00 bits per heavy atom. The van der Waals surface area contributed by atoms with Crippen molar-refractivity contribution >= 4 is 48.1 Å². The van der Waals surface area contributed by atoms with Gasteiger partial charge in [0.25, 0.3) is 9.05 Å². The fourth-order valence-electron chi connectivity index (χ4n) is 1.01. The van der Waals surface area contributed by atoms with Gasteiger partial charge in [-0.3, -0.25) is 0 Å². The maximum atomic E-state index is 12.2. The van der Waals surface area contributed by atoms with Crippen molar-refractivity contribution in [2.24, 2.45) is 0 Å². The highest BCUT2D eigenvalue weighted by Gasteiger charge is 2.40. The van der Waals surface area contributed by atoms with Crippen LogP contribution in [-0.2, 0) is 9.05 Å². The lowest BCUT2D eigenvalue weighted by Crippen LogP contribution is -2.20. The van der Waals surface area contributed by atoms with E-state index in [1.165, 1.54) is 22.6 Å². The van der Waals surface area contributed by atoms with Gasteiger partial charge in [-0.2, -0.15) is 0 Å². The van der Waals surface area contributed by atoms with Gasteiger partial charge in [-0.15, -0.1) is 13.2 Å². The van der Waals surface area contributed by atoms with Crippen molar-refractivity contribution in [3.8, 4) is 5.75 Å². The van der Waals surface area contributed by atoms with Gasteiger partial charge in [0.1, 0.15) is 0 Å². The minimum Gasteiger partial charge on any atom is -0.395 e. The van der Waals surface area contributed by atoms with Crippen LogP contribution in [0.4, 0.5) is 19.0 Å². The highest BCUT2D eigenvalue weighted by Crippen LogP contribution is 2.40. The minimum absolute atomic E-state index is 0.350. The maximum Gasteiger partial charge on any atom is 0.573 e. The third-order valence-corrected chi connectivity index (χ3v) is 4.10. The molecule has 0 saturated carbocycles. The van der Waals surface area contributed by atoms with Crippen LogP contribution in [0.3, 0.4) is 0 Å². The van der Waals surface area contributed by atoms with Gasteiger partial charge in [0, 0.05) is 10.7 Å². The normalized spacial score (nSPS) is 12.3. The number of nitrogens with zero attached hydrogens (tertiary/aromatic N) is 2. The fourth-order valence-corrected chi connectivity index (χ4v) is 3.75. The van der Waals surface area contributed by atoms with E-state index >= 15 is 0 Å². The number of nitro groups is 1. The van der Waals surface area contributed by atoms with Crippen molar-refractivity contribution in [1.82, 2.24) is 4.98 Å². The largest absolute Gasteiger partial charge is 0.573 e. The number of pyridine rings is 1. The van der Waals surface area contributed by atoms with E-state index in [0.717, 1.165) is 0 Å². The topological polar surface area (TPSA) is 99.4 Å². The standard InChI is InChI=1S/C6HClF3IN2O5S/c7-19(16,17)4-2(11)1-12-5(13(14)15)3(4)18-6(8,9)10/h1H. The lowest BCUT2D eigenvalue weighted by Gasteiger charge is -2.11. The lowest BCUT2D eigenvalue weighted by molar-refractivity contribution is -0.393. The first-order chi connectivity index (χ1) is 8.43. The number of hydrogen-bond donors (Lipinski definition) is 0. The van der Waals surface area contributed by atoms with E-state index in [2.05, 4.69) is 9.72 Å².